The fraction of sp³-hybridized carbons (Fsp3) is 0.273. The molecule has 0 aliphatic rings. The Kier molecular flexibility index (Phi) is 4.03. The van der Waals surface area contributed by atoms with E-state index in [2.05, 4.69) is 5.32 Å². The van der Waals surface area contributed by atoms with Crippen LogP contribution < -0.4 is 16.8 Å². The molecule has 0 aliphatic heterocycles. The molecular weight excluding hydrogens is 225 g/mol. The number of nitrogen functional groups attached to an aromatic ring is 1. The van der Waals surface area contributed by atoms with E-state index in [1.54, 1.807) is 0 Å². The minimum atomic E-state index is -0.615. The zero-order valence-corrected chi connectivity index (χ0v) is 9.42. The summed E-state index contributed by atoms with van der Waals surface area (Å²) in [5.74, 6) is -1.76. The third-order valence-corrected chi connectivity index (χ3v) is 2.18. The van der Waals surface area contributed by atoms with Gasteiger partial charge in [-0.15, -0.1) is 0 Å². The zero-order chi connectivity index (χ0) is 13.0. The molecule has 0 aromatic heterocycles. The fourth-order valence-corrected chi connectivity index (χ4v) is 1.36. The average molecular weight is 239 g/mol. The topological polar surface area (TPSA) is 98.2 Å². The Labute approximate surface area is 98.0 Å². The van der Waals surface area contributed by atoms with Crippen LogP contribution in [0, 0.1) is 12.7 Å². The second-order valence-electron chi connectivity index (χ2n) is 3.67. The Morgan fingerprint density at radius 3 is 2.65 bits per heavy atom. The maximum Gasteiger partial charge on any atom is 0.254 e. The van der Waals surface area contributed by atoms with Gasteiger partial charge in [-0.05, 0) is 24.6 Å². The maximum atomic E-state index is 13.6. The van der Waals surface area contributed by atoms with Gasteiger partial charge in [0.25, 0.3) is 5.91 Å². The number of carbonyl (C=O) groups is 2. The normalized spacial score (nSPS) is 10.0. The Balaban J connectivity index is 2.78. The molecule has 5 nitrogen and oxygen atoms in total. The Morgan fingerprint density at radius 2 is 2.06 bits per heavy atom. The van der Waals surface area contributed by atoms with E-state index in [9.17, 15) is 14.0 Å². The molecule has 0 saturated carbocycles. The number of nitrogens with two attached hydrogens (primary N) is 2. The predicted octanol–water partition coefficient (Wildman–Crippen LogP) is 0.322. The number of halogens is 1. The summed E-state index contributed by atoms with van der Waals surface area (Å²) in [6.07, 6.45) is 0.00859. The van der Waals surface area contributed by atoms with Gasteiger partial charge in [0.15, 0.2) is 0 Å². The highest BCUT2D eigenvalue weighted by Crippen LogP contribution is 2.16. The molecule has 92 valence electrons. The van der Waals surface area contributed by atoms with Gasteiger partial charge in [0.2, 0.25) is 5.91 Å². The minimum Gasteiger partial charge on any atom is -0.399 e. The minimum absolute atomic E-state index is 0.00859. The van der Waals surface area contributed by atoms with Gasteiger partial charge in [-0.2, -0.15) is 0 Å². The second-order valence-corrected chi connectivity index (χ2v) is 3.67. The van der Waals surface area contributed by atoms with Crippen LogP contribution in [-0.4, -0.2) is 18.4 Å². The van der Waals surface area contributed by atoms with Gasteiger partial charge in [-0.25, -0.2) is 4.39 Å². The van der Waals surface area contributed by atoms with Crippen molar-refractivity contribution >= 4 is 17.5 Å². The summed E-state index contributed by atoms with van der Waals surface area (Å²) < 4.78 is 13.6. The first-order valence-corrected chi connectivity index (χ1v) is 5.04. The summed E-state index contributed by atoms with van der Waals surface area (Å²) in [7, 11) is 0. The number of aryl methyl sites for hydroxylation is 1. The lowest BCUT2D eigenvalue weighted by Gasteiger charge is -2.08. The first kappa shape index (κ1) is 13.0. The first-order valence-electron chi connectivity index (χ1n) is 5.04. The van der Waals surface area contributed by atoms with Crippen molar-refractivity contribution < 1.29 is 14.0 Å². The van der Waals surface area contributed by atoms with Crippen LogP contribution in [0.25, 0.3) is 0 Å². The van der Waals surface area contributed by atoms with Gasteiger partial charge < -0.3 is 16.8 Å². The van der Waals surface area contributed by atoms with Gasteiger partial charge in [0, 0.05) is 18.7 Å². The van der Waals surface area contributed by atoms with Crippen LogP contribution >= 0.6 is 0 Å². The van der Waals surface area contributed by atoms with E-state index >= 15 is 0 Å². The molecule has 0 atom stereocenters. The number of benzene rings is 1. The third-order valence-electron chi connectivity index (χ3n) is 2.18. The van der Waals surface area contributed by atoms with Crippen molar-refractivity contribution in [3.8, 4) is 0 Å². The molecule has 1 rings (SSSR count). The van der Waals surface area contributed by atoms with E-state index in [0.717, 1.165) is 0 Å². The van der Waals surface area contributed by atoms with Gasteiger partial charge in [0.05, 0.1) is 5.56 Å². The highest BCUT2D eigenvalue weighted by Gasteiger charge is 2.14. The molecular formula is C11H14FN3O2. The summed E-state index contributed by atoms with van der Waals surface area (Å²) >= 11 is 0. The van der Waals surface area contributed by atoms with Crippen LogP contribution in [0.15, 0.2) is 12.1 Å². The molecule has 0 radical (unpaired) electrons. The van der Waals surface area contributed by atoms with Crippen LogP contribution in [0.2, 0.25) is 0 Å². The molecule has 0 saturated heterocycles. The fourth-order valence-electron chi connectivity index (χ4n) is 1.36. The van der Waals surface area contributed by atoms with Crippen LogP contribution in [0.5, 0.6) is 0 Å². The second kappa shape index (κ2) is 5.29. The summed E-state index contributed by atoms with van der Waals surface area (Å²) in [6.45, 7) is 1.59. The SMILES string of the molecule is Cc1cc(N)cc(C(=O)NCCC(N)=O)c1F. The lowest BCUT2D eigenvalue weighted by atomic mass is 10.1. The van der Waals surface area contributed by atoms with Crippen molar-refractivity contribution in [1.82, 2.24) is 5.32 Å². The monoisotopic (exact) mass is 239 g/mol. The molecule has 0 fully saturated rings. The summed E-state index contributed by atoms with van der Waals surface area (Å²) in [6, 6.07) is 2.69. The van der Waals surface area contributed by atoms with E-state index in [0.29, 0.717) is 11.3 Å². The van der Waals surface area contributed by atoms with E-state index < -0.39 is 17.6 Å². The Morgan fingerprint density at radius 1 is 1.41 bits per heavy atom. The van der Waals surface area contributed by atoms with Crippen LogP contribution in [0.4, 0.5) is 10.1 Å². The summed E-state index contributed by atoms with van der Waals surface area (Å²) in [5, 5.41) is 2.39. The van der Waals surface area contributed by atoms with E-state index in [-0.39, 0.29) is 18.5 Å². The Bertz CT molecular complexity index is 460. The molecule has 0 bridgehead atoms. The number of anilines is 1. The maximum absolute atomic E-state index is 13.6. The molecule has 17 heavy (non-hydrogen) atoms. The summed E-state index contributed by atoms with van der Waals surface area (Å²) in [5.41, 5.74) is 10.9. The number of carbonyl (C=O) groups excluding carboxylic acids is 2. The van der Waals surface area contributed by atoms with Gasteiger partial charge in [-0.1, -0.05) is 0 Å². The zero-order valence-electron chi connectivity index (χ0n) is 9.42. The Hall–Kier alpha value is -2.11. The number of primary amides is 1. The number of amides is 2. The average Bonchev–Trinajstić information content (AvgIpc) is 2.22. The summed E-state index contributed by atoms with van der Waals surface area (Å²) in [4.78, 5) is 22.1. The number of hydrogen-bond acceptors (Lipinski definition) is 3. The molecule has 0 aliphatic carbocycles. The van der Waals surface area contributed by atoms with Crippen molar-refractivity contribution in [2.24, 2.45) is 5.73 Å². The molecule has 5 N–H and O–H groups in total. The van der Waals surface area contributed by atoms with E-state index in [1.807, 2.05) is 0 Å². The van der Waals surface area contributed by atoms with Crippen molar-refractivity contribution in [2.45, 2.75) is 13.3 Å². The van der Waals surface area contributed by atoms with Crippen LogP contribution in [0.3, 0.4) is 0 Å². The quantitative estimate of drug-likeness (QED) is 0.660. The molecule has 0 spiro atoms. The van der Waals surface area contributed by atoms with Gasteiger partial charge >= 0.3 is 0 Å². The number of rotatable bonds is 4. The van der Waals surface area contributed by atoms with Gasteiger partial charge in [0.1, 0.15) is 5.82 Å². The smallest absolute Gasteiger partial charge is 0.254 e. The first-order chi connectivity index (χ1) is 7.91. The molecule has 0 unspecified atom stereocenters. The van der Waals surface area contributed by atoms with Crippen molar-refractivity contribution in [3.05, 3.63) is 29.1 Å². The van der Waals surface area contributed by atoms with Crippen LogP contribution in [-0.2, 0) is 4.79 Å². The van der Waals surface area contributed by atoms with Crippen LogP contribution in [0.1, 0.15) is 22.3 Å². The van der Waals surface area contributed by atoms with Crippen molar-refractivity contribution in [2.75, 3.05) is 12.3 Å². The standard InChI is InChI=1S/C11H14FN3O2/c1-6-4-7(13)5-8(10(6)12)11(17)15-3-2-9(14)16/h4-5H,2-3,13H2,1H3,(H2,14,16)(H,15,17). The van der Waals surface area contributed by atoms with Gasteiger partial charge in [-0.3, -0.25) is 9.59 Å². The lowest BCUT2D eigenvalue weighted by Crippen LogP contribution is -2.28. The van der Waals surface area contributed by atoms with E-state index in [1.165, 1.54) is 19.1 Å². The largest absolute Gasteiger partial charge is 0.399 e. The molecule has 1 aromatic carbocycles. The number of nitrogens with one attached hydrogen (secondary N) is 1. The predicted molar refractivity (Wildman–Crippen MR) is 61.7 cm³/mol. The molecule has 2 amide bonds. The molecule has 1 aromatic rings. The molecule has 0 heterocycles. The third kappa shape index (κ3) is 3.44. The number of hydrogen-bond donors (Lipinski definition) is 3. The molecule has 6 heteroatoms. The lowest BCUT2D eigenvalue weighted by molar-refractivity contribution is -0.117. The highest BCUT2D eigenvalue weighted by atomic mass is 19.1. The van der Waals surface area contributed by atoms with Crippen molar-refractivity contribution in [3.63, 3.8) is 0 Å². The van der Waals surface area contributed by atoms with Crippen molar-refractivity contribution in [1.29, 1.82) is 0 Å². The van der Waals surface area contributed by atoms with E-state index in [4.69, 9.17) is 11.5 Å². The highest BCUT2D eigenvalue weighted by molar-refractivity contribution is 5.95.